The van der Waals surface area contributed by atoms with E-state index in [0.29, 0.717) is 0 Å². The number of carbonyl (C=O) groups is 1. The van der Waals surface area contributed by atoms with Crippen molar-refractivity contribution in [2.75, 3.05) is 0 Å². The summed E-state index contributed by atoms with van der Waals surface area (Å²) < 4.78 is 0. The van der Waals surface area contributed by atoms with Crippen molar-refractivity contribution in [3.63, 3.8) is 0 Å². The maximum absolute atomic E-state index is 11.0. The van der Waals surface area contributed by atoms with Crippen LogP contribution in [0.5, 0.6) is 0 Å². The first kappa shape index (κ1) is 13.1. The Morgan fingerprint density at radius 2 is 1.44 bits per heavy atom. The molecule has 0 aliphatic heterocycles. The fourth-order valence-corrected chi connectivity index (χ4v) is 2.14. The zero-order valence-corrected chi connectivity index (χ0v) is 12.0. The minimum atomic E-state index is -1.13. The van der Waals surface area contributed by atoms with E-state index in [-0.39, 0.29) is 35.1 Å². The number of carboxylic acid groups (broad SMARTS) is 1. The molecule has 0 saturated carbocycles. The van der Waals surface area contributed by atoms with Crippen LogP contribution in [-0.4, -0.2) is 5.97 Å². The van der Waals surface area contributed by atoms with Gasteiger partial charge in [0.05, 0.1) is 5.97 Å². The topological polar surface area (TPSA) is 40.1 Å². The van der Waals surface area contributed by atoms with E-state index in [1.807, 2.05) is 42.5 Å². The quantitative estimate of drug-likeness (QED) is 0.422. The van der Waals surface area contributed by atoms with Gasteiger partial charge >= 0.3 is 29.6 Å². The van der Waals surface area contributed by atoms with Gasteiger partial charge in [0.1, 0.15) is 0 Å². The molecule has 0 aliphatic carbocycles. The van der Waals surface area contributed by atoms with E-state index in [0.717, 1.165) is 21.5 Å². The van der Waals surface area contributed by atoms with E-state index in [2.05, 4.69) is 0 Å². The molecule has 3 aromatic carbocycles. The van der Waals surface area contributed by atoms with Gasteiger partial charge < -0.3 is 9.90 Å². The van der Waals surface area contributed by atoms with Crippen LogP contribution in [0.1, 0.15) is 10.4 Å². The summed E-state index contributed by atoms with van der Waals surface area (Å²) in [7, 11) is 0. The number of hydrogen-bond acceptors (Lipinski definition) is 2. The van der Waals surface area contributed by atoms with Crippen LogP contribution in [0, 0.1) is 0 Å². The third-order valence-corrected chi connectivity index (χ3v) is 2.97. The third kappa shape index (κ3) is 2.15. The maximum Gasteiger partial charge on any atom is 1.00 e. The summed E-state index contributed by atoms with van der Waals surface area (Å²) in [6.45, 7) is 0. The van der Waals surface area contributed by atoms with E-state index < -0.39 is 5.97 Å². The van der Waals surface area contributed by atoms with Gasteiger partial charge in [-0.2, -0.15) is 0 Å². The summed E-state index contributed by atoms with van der Waals surface area (Å²) in [4.78, 5) is 11.0. The van der Waals surface area contributed by atoms with Crippen molar-refractivity contribution in [2.45, 2.75) is 0 Å². The molecule has 0 aromatic heterocycles. The van der Waals surface area contributed by atoms with Crippen molar-refractivity contribution in [1.29, 1.82) is 0 Å². The van der Waals surface area contributed by atoms with Crippen molar-refractivity contribution < 1.29 is 39.5 Å². The van der Waals surface area contributed by atoms with Crippen LogP contribution in [0.4, 0.5) is 0 Å². The predicted octanol–water partition coefficient (Wildman–Crippen LogP) is -0.640. The largest absolute Gasteiger partial charge is 1.00 e. The Morgan fingerprint density at radius 1 is 0.833 bits per heavy atom. The van der Waals surface area contributed by atoms with E-state index in [9.17, 15) is 9.90 Å². The van der Waals surface area contributed by atoms with Gasteiger partial charge in [0.25, 0.3) is 0 Å². The second-order valence-corrected chi connectivity index (χ2v) is 4.01. The van der Waals surface area contributed by atoms with Crippen molar-refractivity contribution in [3.05, 3.63) is 60.2 Å². The van der Waals surface area contributed by atoms with E-state index in [4.69, 9.17) is 0 Å². The summed E-state index contributed by atoms with van der Waals surface area (Å²) >= 11 is 0. The van der Waals surface area contributed by atoms with Crippen molar-refractivity contribution >= 4 is 27.5 Å². The molecule has 18 heavy (non-hydrogen) atoms. The molecular formula is C15H9NaO2. The fraction of sp³-hybridized carbons (Fsp3) is 0. The number of carbonyl (C=O) groups excluding carboxylic acids is 1. The van der Waals surface area contributed by atoms with Crippen LogP contribution in [0.15, 0.2) is 54.6 Å². The zero-order valence-electron chi connectivity index (χ0n) is 10.0. The molecule has 3 heteroatoms. The minimum Gasteiger partial charge on any atom is -0.545 e. The molecule has 0 heterocycles. The molecule has 0 radical (unpaired) electrons. The molecule has 0 N–H and O–H groups in total. The van der Waals surface area contributed by atoms with Crippen molar-refractivity contribution in [1.82, 2.24) is 0 Å². The Labute approximate surface area is 127 Å². The molecule has 82 valence electrons. The normalized spacial score (nSPS) is 10.2. The summed E-state index contributed by atoms with van der Waals surface area (Å²) in [6, 6.07) is 17.0. The molecule has 0 atom stereocenters. The van der Waals surface area contributed by atoms with Crippen molar-refractivity contribution in [2.24, 2.45) is 0 Å². The van der Waals surface area contributed by atoms with E-state index in [1.165, 1.54) is 0 Å². The SMILES string of the molecule is O=C([O-])c1cccc2cc3ccccc3cc12.[Na+]. The average molecular weight is 244 g/mol. The van der Waals surface area contributed by atoms with Crippen LogP contribution in [0.3, 0.4) is 0 Å². The zero-order chi connectivity index (χ0) is 11.8. The molecule has 3 rings (SSSR count). The molecule has 0 saturated heterocycles. The van der Waals surface area contributed by atoms with E-state index >= 15 is 0 Å². The molecule has 0 aliphatic rings. The van der Waals surface area contributed by atoms with Gasteiger partial charge in [0.15, 0.2) is 0 Å². The molecule has 0 bridgehead atoms. The molecular weight excluding hydrogens is 235 g/mol. The number of fused-ring (bicyclic) bond motifs is 2. The summed E-state index contributed by atoms with van der Waals surface area (Å²) in [5, 5.41) is 14.8. The van der Waals surface area contributed by atoms with E-state index in [1.54, 1.807) is 12.1 Å². The summed E-state index contributed by atoms with van der Waals surface area (Å²) in [5.41, 5.74) is 0.244. The molecule has 3 aromatic rings. The standard InChI is InChI=1S/C15H10O2.Na/c16-15(17)13-7-3-6-12-8-10-4-1-2-5-11(10)9-14(12)13;/h1-9H,(H,16,17);/q;+1/p-1. The third-order valence-electron chi connectivity index (χ3n) is 2.97. The average Bonchev–Trinajstić information content (AvgIpc) is 2.35. The Bertz CT molecular complexity index is 735. The van der Waals surface area contributed by atoms with Gasteiger partial charge in [-0.3, -0.25) is 0 Å². The maximum atomic E-state index is 11.0. The summed E-state index contributed by atoms with van der Waals surface area (Å²) in [6.07, 6.45) is 0. The Hall–Kier alpha value is -1.35. The number of benzene rings is 3. The first-order valence-corrected chi connectivity index (χ1v) is 5.38. The number of aromatic carboxylic acids is 1. The Kier molecular flexibility index (Phi) is 3.71. The fourth-order valence-electron chi connectivity index (χ4n) is 2.14. The molecule has 0 amide bonds. The smallest absolute Gasteiger partial charge is 0.545 e. The first-order chi connectivity index (χ1) is 8.25. The van der Waals surface area contributed by atoms with Gasteiger partial charge in [-0.1, -0.05) is 42.5 Å². The second-order valence-electron chi connectivity index (χ2n) is 4.01. The number of rotatable bonds is 1. The van der Waals surface area contributed by atoms with Gasteiger partial charge in [0.2, 0.25) is 0 Å². The number of hydrogen-bond donors (Lipinski definition) is 0. The van der Waals surface area contributed by atoms with Gasteiger partial charge in [-0.25, -0.2) is 0 Å². The Balaban J connectivity index is 0.00000120. The van der Waals surface area contributed by atoms with Gasteiger partial charge in [-0.15, -0.1) is 0 Å². The van der Waals surface area contributed by atoms with Crippen LogP contribution in [0.2, 0.25) is 0 Å². The molecule has 2 nitrogen and oxygen atoms in total. The van der Waals surface area contributed by atoms with Gasteiger partial charge in [-0.05, 0) is 33.7 Å². The minimum absolute atomic E-state index is 0. The number of carboxylic acids is 1. The van der Waals surface area contributed by atoms with Crippen LogP contribution < -0.4 is 34.7 Å². The van der Waals surface area contributed by atoms with Crippen LogP contribution in [-0.2, 0) is 0 Å². The van der Waals surface area contributed by atoms with Gasteiger partial charge in [0, 0.05) is 5.56 Å². The molecule has 0 unspecified atom stereocenters. The predicted molar refractivity (Wildman–Crippen MR) is 65.8 cm³/mol. The van der Waals surface area contributed by atoms with Crippen LogP contribution in [0.25, 0.3) is 21.5 Å². The Morgan fingerprint density at radius 3 is 2.11 bits per heavy atom. The molecule has 0 spiro atoms. The first-order valence-electron chi connectivity index (χ1n) is 5.38. The van der Waals surface area contributed by atoms with Crippen molar-refractivity contribution in [3.8, 4) is 0 Å². The second kappa shape index (κ2) is 5.11. The van der Waals surface area contributed by atoms with Crippen LogP contribution >= 0.6 is 0 Å². The molecule has 0 fully saturated rings. The monoisotopic (exact) mass is 244 g/mol. The summed E-state index contributed by atoms with van der Waals surface area (Å²) in [5.74, 6) is -1.13.